The van der Waals surface area contributed by atoms with Crippen molar-refractivity contribution in [1.29, 1.82) is 0 Å². The lowest BCUT2D eigenvalue weighted by atomic mass is 10.0. The molecular formula is C27H25F2N7O. The number of rotatable bonds is 7. The van der Waals surface area contributed by atoms with Crippen LogP contribution in [0.2, 0.25) is 0 Å². The van der Waals surface area contributed by atoms with Crippen LogP contribution in [-0.4, -0.2) is 63.8 Å². The van der Waals surface area contributed by atoms with Crippen LogP contribution in [0.25, 0.3) is 11.4 Å². The predicted octanol–water partition coefficient (Wildman–Crippen LogP) is 4.13. The third-order valence-corrected chi connectivity index (χ3v) is 6.12. The van der Waals surface area contributed by atoms with E-state index in [9.17, 15) is 13.6 Å². The zero-order chi connectivity index (χ0) is 25.8. The van der Waals surface area contributed by atoms with Gasteiger partial charge in [0.2, 0.25) is 11.9 Å². The van der Waals surface area contributed by atoms with Gasteiger partial charge in [0.05, 0.1) is 0 Å². The molecular weight excluding hydrogens is 476 g/mol. The van der Waals surface area contributed by atoms with E-state index in [1.807, 2.05) is 42.3 Å². The molecule has 2 aromatic carbocycles. The highest BCUT2D eigenvalue weighted by molar-refractivity contribution is 5.98. The third kappa shape index (κ3) is 5.92. The first kappa shape index (κ1) is 24.4. The van der Waals surface area contributed by atoms with Gasteiger partial charge in [0, 0.05) is 49.9 Å². The number of anilines is 3. The minimum absolute atomic E-state index is 0.0482. The molecule has 0 spiro atoms. The number of carbonyl (C=O) groups excluding carboxylic acids is 1. The van der Waals surface area contributed by atoms with Crippen molar-refractivity contribution in [2.24, 2.45) is 0 Å². The Morgan fingerprint density at radius 2 is 1.70 bits per heavy atom. The molecule has 0 atom stereocenters. The van der Waals surface area contributed by atoms with Gasteiger partial charge in [-0.2, -0.15) is 15.0 Å². The minimum atomic E-state index is -0.986. The summed E-state index contributed by atoms with van der Waals surface area (Å²) in [5.74, 6) is -0.804. The van der Waals surface area contributed by atoms with Gasteiger partial charge < -0.3 is 15.1 Å². The van der Waals surface area contributed by atoms with Gasteiger partial charge in [-0.3, -0.25) is 4.79 Å². The van der Waals surface area contributed by atoms with E-state index in [1.54, 1.807) is 18.3 Å². The van der Waals surface area contributed by atoms with E-state index in [-0.39, 0.29) is 24.0 Å². The molecule has 1 aliphatic rings. The number of aromatic nitrogens is 4. The van der Waals surface area contributed by atoms with E-state index in [0.29, 0.717) is 36.0 Å². The van der Waals surface area contributed by atoms with E-state index < -0.39 is 11.6 Å². The topological polar surface area (TPSA) is 87.1 Å². The number of benzene rings is 2. The Kier molecular flexibility index (Phi) is 7.09. The molecule has 0 unspecified atom stereocenters. The zero-order valence-corrected chi connectivity index (χ0v) is 20.2. The Hall–Kier alpha value is -4.31. The molecule has 0 aliphatic carbocycles. The summed E-state index contributed by atoms with van der Waals surface area (Å²) in [5.41, 5.74) is 1.74. The van der Waals surface area contributed by atoms with Gasteiger partial charge in [-0.25, -0.2) is 13.8 Å². The number of hydrogen-bond acceptors (Lipinski definition) is 8. The smallest absolute Gasteiger partial charge is 0.233 e. The van der Waals surface area contributed by atoms with Gasteiger partial charge >= 0.3 is 0 Å². The standard InChI is InChI=1S/C27H25F2N7O/c1-35-11-13-36(14-12-35)27-33-25(20-7-8-21(28)22(29)16-20)32-26(34-27)31-24-17-19(9-10-30-24)23(37)15-18-5-3-2-4-6-18/h2-10,16-17H,11-15H2,1H3,(H,30,31,32,33,34). The van der Waals surface area contributed by atoms with Crippen molar-refractivity contribution in [3.05, 3.63) is 89.6 Å². The predicted molar refractivity (Wildman–Crippen MR) is 137 cm³/mol. The van der Waals surface area contributed by atoms with Crippen molar-refractivity contribution in [1.82, 2.24) is 24.8 Å². The fraction of sp³-hybridized carbons (Fsp3) is 0.222. The maximum Gasteiger partial charge on any atom is 0.233 e. The Balaban J connectivity index is 1.44. The minimum Gasteiger partial charge on any atom is -0.338 e. The SMILES string of the molecule is CN1CCN(c2nc(Nc3cc(C(=O)Cc4ccccc4)ccn3)nc(-c3ccc(F)c(F)c3)n2)CC1. The molecule has 188 valence electrons. The van der Waals surface area contributed by atoms with E-state index in [2.05, 4.69) is 30.2 Å². The zero-order valence-electron chi connectivity index (χ0n) is 20.2. The van der Waals surface area contributed by atoms with Crippen molar-refractivity contribution in [3.8, 4) is 11.4 Å². The lowest BCUT2D eigenvalue weighted by Crippen LogP contribution is -2.45. The van der Waals surface area contributed by atoms with Crippen molar-refractivity contribution in [2.45, 2.75) is 6.42 Å². The summed E-state index contributed by atoms with van der Waals surface area (Å²) in [6.45, 7) is 3.09. The first-order chi connectivity index (χ1) is 17.9. The van der Waals surface area contributed by atoms with Crippen LogP contribution >= 0.6 is 0 Å². The summed E-state index contributed by atoms with van der Waals surface area (Å²) >= 11 is 0. The van der Waals surface area contributed by atoms with Crippen molar-refractivity contribution in [3.63, 3.8) is 0 Å². The molecule has 1 fully saturated rings. The summed E-state index contributed by atoms with van der Waals surface area (Å²) in [4.78, 5) is 34.9. The van der Waals surface area contributed by atoms with Crippen molar-refractivity contribution >= 4 is 23.5 Å². The first-order valence-corrected chi connectivity index (χ1v) is 11.9. The Morgan fingerprint density at radius 1 is 0.919 bits per heavy atom. The Morgan fingerprint density at radius 3 is 2.46 bits per heavy atom. The average molecular weight is 502 g/mol. The molecule has 10 heteroatoms. The van der Waals surface area contributed by atoms with Crippen LogP contribution in [0.15, 0.2) is 66.9 Å². The maximum atomic E-state index is 14.0. The Labute approximate surface area is 213 Å². The van der Waals surface area contributed by atoms with Crippen LogP contribution in [0.1, 0.15) is 15.9 Å². The second-order valence-electron chi connectivity index (χ2n) is 8.84. The number of piperazine rings is 1. The van der Waals surface area contributed by atoms with Crippen LogP contribution in [0.3, 0.4) is 0 Å². The molecule has 1 saturated heterocycles. The molecule has 37 heavy (non-hydrogen) atoms. The summed E-state index contributed by atoms with van der Waals surface area (Å²) in [5, 5.41) is 3.06. The first-order valence-electron chi connectivity index (χ1n) is 11.9. The molecule has 0 amide bonds. The number of carbonyl (C=O) groups is 1. The van der Waals surface area contributed by atoms with Crippen molar-refractivity contribution < 1.29 is 13.6 Å². The van der Waals surface area contributed by atoms with Crippen LogP contribution in [-0.2, 0) is 6.42 Å². The monoisotopic (exact) mass is 501 g/mol. The largest absolute Gasteiger partial charge is 0.338 e. The molecule has 1 aliphatic heterocycles. The molecule has 1 N–H and O–H groups in total. The number of ketones is 1. The molecule has 0 bridgehead atoms. The Bertz CT molecular complexity index is 1410. The maximum absolute atomic E-state index is 14.0. The highest BCUT2D eigenvalue weighted by Gasteiger charge is 2.20. The fourth-order valence-electron chi connectivity index (χ4n) is 4.00. The van der Waals surface area contributed by atoms with E-state index >= 15 is 0 Å². The van der Waals surface area contributed by atoms with Gasteiger partial charge in [0.15, 0.2) is 23.2 Å². The molecule has 2 aromatic heterocycles. The molecule has 5 rings (SSSR count). The summed E-state index contributed by atoms with van der Waals surface area (Å²) < 4.78 is 27.5. The summed E-state index contributed by atoms with van der Waals surface area (Å²) in [6, 6.07) is 16.3. The van der Waals surface area contributed by atoms with E-state index in [1.165, 1.54) is 6.07 Å². The molecule has 8 nitrogen and oxygen atoms in total. The summed E-state index contributed by atoms with van der Waals surface area (Å²) in [7, 11) is 2.04. The number of Topliss-reactive ketones (excluding diaryl/α,β-unsaturated/α-hetero) is 1. The third-order valence-electron chi connectivity index (χ3n) is 6.12. The van der Waals surface area contributed by atoms with Gasteiger partial charge in [0.25, 0.3) is 0 Å². The quantitative estimate of drug-likeness (QED) is 0.378. The van der Waals surface area contributed by atoms with Crippen LogP contribution in [0.4, 0.5) is 26.5 Å². The highest BCUT2D eigenvalue weighted by Crippen LogP contribution is 2.24. The van der Waals surface area contributed by atoms with Crippen LogP contribution in [0.5, 0.6) is 0 Å². The number of hydrogen-bond donors (Lipinski definition) is 1. The van der Waals surface area contributed by atoms with Gasteiger partial charge in [-0.05, 0) is 42.9 Å². The van der Waals surface area contributed by atoms with Gasteiger partial charge in [-0.15, -0.1) is 0 Å². The number of nitrogens with one attached hydrogen (secondary N) is 1. The molecule has 0 saturated carbocycles. The lowest BCUT2D eigenvalue weighted by molar-refractivity contribution is 0.0993. The second kappa shape index (κ2) is 10.8. The average Bonchev–Trinajstić information content (AvgIpc) is 2.91. The number of pyridine rings is 1. The highest BCUT2D eigenvalue weighted by atomic mass is 19.2. The molecule has 0 radical (unpaired) electrons. The normalized spacial score (nSPS) is 14.0. The lowest BCUT2D eigenvalue weighted by Gasteiger charge is -2.32. The molecule has 3 heterocycles. The second-order valence-corrected chi connectivity index (χ2v) is 8.84. The summed E-state index contributed by atoms with van der Waals surface area (Å²) in [6.07, 6.45) is 1.81. The number of likely N-dealkylation sites (N-methyl/N-ethyl adjacent to an activating group) is 1. The fourth-order valence-corrected chi connectivity index (χ4v) is 4.00. The van der Waals surface area contributed by atoms with Gasteiger partial charge in [0.1, 0.15) is 5.82 Å². The van der Waals surface area contributed by atoms with Crippen LogP contribution in [0, 0.1) is 11.6 Å². The number of halogens is 2. The molecule has 4 aromatic rings. The van der Waals surface area contributed by atoms with Crippen LogP contribution < -0.4 is 10.2 Å². The van der Waals surface area contributed by atoms with Gasteiger partial charge in [-0.1, -0.05) is 30.3 Å². The van der Waals surface area contributed by atoms with Crippen molar-refractivity contribution in [2.75, 3.05) is 43.4 Å². The van der Waals surface area contributed by atoms with E-state index in [0.717, 1.165) is 30.8 Å². The van der Waals surface area contributed by atoms with E-state index in [4.69, 9.17) is 0 Å². The number of nitrogens with zero attached hydrogens (tertiary/aromatic N) is 6.